The molecule has 2 amide bonds. The zero-order valence-electron chi connectivity index (χ0n) is 16.1. The monoisotopic (exact) mass is 420 g/mol. The largest absolute Gasteiger partial charge is 0.481 e. The molecule has 0 radical (unpaired) electrons. The number of carbonyl (C=O) groups excluding carboxylic acids is 2. The fraction of sp³-hybridized carbons (Fsp3) is 0.316. The highest BCUT2D eigenvalue weighted by Crippen LogP contribution is 2.08. The number of hydrogen-bond acceptors (Lipinski definition) is 6. The first-order valence-electron chi connectivity index (χ1n) is 8.86. The Labute approximate surface area is 172 Å². The van der Waals surface area contributed by atoms with Crippen molar-refractivity contribution in [2.75, 3.05) is 6.61 Å². The summed E-state index contributed by atoms with van der Waals surface area (Å²) < 4.78 is 4.80. The van der Waals surface area contributed by atoms with E-state index >= 15 is 0 Å². The first-order valence-corrected chi connectivity index (χ1v) is 8.86. The molecule has 0 fully saturated rings. The first kappa shape index (κ1) is 24.1. The van der Waals surface area contributed by atoms with Crippen LogP contribution >= 0.6 is 0 Å². The Balaban J connectivity index is 2.96. The Morgan fingerprint density at radius 3 is 2.27 bits per heavy atom. The molecule has 0 saturated carbocycles. The van der Waals surface area contributed by atoms with Crippen molar-refractivity contribution in [2.45, 2.75) is 31.3 Å². The number of nitrogens with one attached hydrogen (secondary N) is 3. The summed E-state index contributed by atoms with van der Waals surface area (Å²) in [6.07, 6.45) is -0.367. The maximum absolute atomic E-state index is 12.6. The van der Waals surface area contributed by atoms with E-state index in [2.05, 4.69) is 17.2 Å². The Morgan fingerprint density at radius 2 is 1.77 bits per heavy atom. The third kappa shape index (κ3) is 8.42. The number of rotatable bonds is 12. The van der Waals surface area contributed by atoms with Gasteiger partial charge in [-0.05, 0) is 12.0 Å². The molecule has 2 atom stereocenters. The number of benzene rings is 1. The number of ether oxygens (including phenoxy) is 1. The van der Waals surface area contributed by atoms with Gasteiger partial charge in [0.15, 0.2) is 0 Å². The van der Waals surface area contributed by atoms with E-state index in [4.69, 9.17) is 21.0 Å². The molecule has 0 aliphatic carbocycles. The number of carbonyl (C=O) groups is 4. The summed E-state index contributed by atoms with van der Waals surface area (Å²) in [6.45, 7) is 3.31. The van der Waals surface area contributed by atoms with Crippen molar-refractivity contribution in [1.29, 1.82) is 5.41 Å². The van der Waals surface area contributed by atoms with Crippen molar-refractivity contribution in [2.24, 2.45) is 5.73 Å². The van der Waals surface area contributed by atoms with Crippen LogP contribution < -0.4 is 16.4 Å². The van der Waals surface area contributed by atoms with Crippen LogP contribution in [0.3, 0.4) is 0 Å². The van der Waals surface area contributed by atoms with Crippen LogP contribution in [0.15, 0.2) is 36.9 Å². The maximum Gasteiger partial charge on any atom is 0.408 e. The lowest BCUT2D eigenvalue weighted by Crippen LogP contribution is -2.52. The minimum absolute atomic E-state index is 0.0154. The Hall–Kier alpha value is -3.89. The number of amides is 2. The van der Waals surface area contributed by atoms with Gasteiger partial charge in [-0.3, -0.25) is 15.0 Å². The molecule has 0 aliphatic rings. The van der Waals surface area contributed by atoms with Crippen molar-refractivity contribution in [3.05, 3.63) is 48.0 Å². The van der Waals surface area contributed by atoms with E-state index in [9.17, 15) is 24.3 Å². The molecule has 7 N–H and O–H groups in total. The lowest BCUT2D eigenvalue weighted by Gasteiger charge is -2.21. The number of carboxylic acids is 2. The molecule has 162 valence electrons. The van der Waals surface area contributed by atoms with Gasteiger partial charge in [-0.1, -0.05) is 36.9 Å². The van der Waals surface area contributed by atoms with Gasteiger partial charge in [0.25, 0.3) is 0 Å². The third-order valence-electron chi connectivity index (χ3n) is 3.91. The average molecular weight is 420 g/mol. The average Bonchev–Trinajstić information content (AvgIpc) is 2.68. The van der Waals surface area contributed by atoms with Crippen LogP contribution in [0.4, 0.5) is 4.79 Å². The third-order valence-corrected chi connectivity index (χ3v) is 3.91. The Morgan fingerprint density at radius 1 is 1.13 bits per heavy atom. The minimum atomic E-state index is -1.44. The SMILES string of the molecule is C=CCOC(=O)N[C@@H](Cc1ccc(C(=N)N)cc1)C(=O)N[C@@H](CCC(=O)O)C(=O)O. The zero-order chi connectivity index (χ0) is 22.7. The normalized spacial score (nSPS) is 12.1. The van der Waals surface area contributed by atoms with Crippen LogP contribution in [0.2, 0.25) is 0 Å². The van der Waals surface area contributed by atoms with E-state index in [1.54, 1.807) is 24.3 Å². The maximum atomic E-state index is 12.6. The number of carboxylic acid groups (broad SMARTS) is 2. The van der Waals surface area contributed by atoms with E-state index in [1.165, 1.54) is 6.08 Å². The van der Waals surface area contributed by atoms with Gasteiger partial charge in [0.1, 0.15) is 24.5 Å². The molecule has 0 saturated heterocycles. The minimum Gasteiger partial charge on any atom is -0.481 e. The molecule has 11 heteroatoms. The predicted octanol–water partition coefficient (Wildman–Crippen LogP) is 0.228. The second kappa shape index (κ2) is 11.8. The molecule has 0 bridgehead atoms. The van der Waals surface area contributed by atoms with E-state index in [1.807, 2.05) is 0 Å². The fourth-order valence-electron chi connectivity index (χ4n) is 2.38. The van der Waals surface area contributed by atoms with Crippen LogP contribution in [0, 0.1) is 5.41 Å². The van der Waals surface area contributed by atoms with Gasteiger partial charge in [0.05, 0.1) is 0 Å². The molecule has 0 aliphatic heterocycles. The lowest BCUT2D eigenvalue weighted by atomic mass is 10.0. The number of aliphatic carboxylic acids is 2. The number of alkyl carbamates (subject to hydrolysis) is 1. The van der Waals surface area contributed by atoms with Crippen molar-refractivity contribution in [1.82, 2.24) is 10.6 Å². The molecule has 0 unspecified atom stereocenters. The molecular weight excluding hydrogens is 396 g/mol. The number of nitrogen functional groups attached to an aromatic ring is 1. The van der Waals surface area contributed by atoms with Crippen LogP contribution in [0.1, 0.15) is 24.0 Å². The first-order chi connectivity index (χ1) is 14.1. The highest BCUT2D eigenvalue weighted by Gasteiger charge is 2.27. The summed E-state index contributed by atoms with van der Waals surface area (Å²) in [6, 6.07) is 3.70. The number of nitrogens with two attached hydrogens (primary N) is 1. The molecule has 30 heavy (non-hydrogen) atoms. The summed E-state index contributed by atoms with van der Waals surface area (Å²) in [5.74, 6) is -3.56. The van der Waals surface area contributed by atoms with Crippen molar-refractivity contribution in [3.8, 4) is 0 Å². The highest BCUT2D eigenvalue weighted by atomic mass is 16.5. The molecule has 1 aromatic rings. The van der Waals surface area contributed by atoms with Gasteiger partial charge < -0.3 is 31.3 Å². The fourth-order valence-corrected chi connectivity index (χ4v) is 2.38. The van der Waals surface area contributed by atoms with Crippen molar-refractivity contribution < 1.29 is 34.1 Å². The molecular formula is C19H24N4O7. The van der Waals surface area contributed by atoms with Gasteiger partial charge in [-0.15, -0.1) is 0 Å². The standard InChI is InChI=1S/C19H24N4O7/c1-2-9-30-19(29)23-14(10-11-3-5-12(6-4-11)16(20)21)17(26)22-13(18(27)28)7-8-15(24)25/h2-6,13-14H,1,7-10H2,(H3,20,21)(H,22,26)(H,23,29)(H,24,25)(H,27,28)/t13-,14-/m0/s1. The molecule has 1 rings (SSSR count). The topological polar surface area (TPSA) is 192 Å². The van der Waals surface area contributed by atoms with E-state index < -0.39 is 42.4 Å². The second-order valence-corrected chi connectivity index (χ2v) is 6.23. The summed E-state index contributed by atoms with van der Waals surface area (Å²) in [5, 5.41) is 29.9. The van der Waals surface area contributed by atoms with E-state index in [0.29, 0.717) is 11.1 Å². The van der Waals surface area contributed by atoms with Gasteiger partial charge >= 0.3 is 18.0 Å². The predicted molar refractivity (Wildman–Crippen MR) is 106 cm³/mol. The Kier molecular flexibility index (Phi) is 9.53. The van der Waals surface area contributed by atoms with Gasteiger partial charge in [-0.2, -0.15) is 0 Å². The highest BCUT2D eigenvalue weighted by molar-refractivity contribution is 5.95. The van der Waals surface area contributed by atoms with Crippen LogP contribution in [-0.4, -0.2) is 58.7 Å². The molecule has 11 nitrogen and oxygen atoms in total. The molecule has 0 spiro atoms. The summed E-state index contributed by atoms with van der Waals surface area (Å²) in [4.78, 5) is 46.5. The van der Waals surface area contributed by atoms with Crippen molar-refractivity contribution in [3.63, 3.8) is 0 Å². The van der Waals surface area contributed by atoms with Crippen LogP contribution in [0.5, 0.6) is 0 Å². The second-order valence-electron chi connectivity index (χ2n) is 6.23. The lowest BCUT2D eigenvalue weighted by molar-refractivity contribution is -0.143. The molecule has 0 aromatic heterocycles. The van der Waals surface area contributed by atoms with E-state index in [-0.39, 0.29) is 25.3 Å². The van der Waals surface area contributed by atoms with Gasteiger partial charge in [-0.25, -0.2) is 9.59 Å². The number of hydrogen-bond donors (Lipinski definition) is 6. The molecule has 0 heterocycles. The zero-order valence-corrected chi connectivity index (χ0v) is 16.1. The van der Waals surface area contributed by atoms with E-state index in [0.717, 1.165) is 0 Å². The van der Waals surface area contributed by atoms with Crippen LogP contribution in [-0.2, 0) is 25.5 Å². The number of amidine groups is 1. The smallest absolute Gasteiger partial charge is 0.408 e. The molecule has 1 aromatic carbocycles. The summed E-state index contributed by atoms with van der Waals surface area (Å²) in [7, 11) is 0. The quantitative estimate of drug-likeness (QED) is 0.157. The Bertz CT molecular complexity index is 808. The van der Waals surface area contributed by atoms with Gasteiger partial charge in [0.2, 0.25) is 5.91 Å². The van der Waals surface area contributed by atoms with Crippen molar-refractivity contribution >= 4 is 29.8 Å². The summed E-state index contributed by atoms with van der Waals surface area (Å²) in [5.41, 5.74) is 6.47. The van der Waals surface area contributed by atoms with Crippen LogP contribution in [0.25, 0.3) is 0 Å². The summed E-state index contributed by atoms with van der Waals surface area (Å²) >= 11 is 0. The van der Waals surface area contributed by atoms with Gasteiger partial charge in [0, 0.05) is 18.4 Å².